The highest BCUT2D eigenvalue weighted by molar-refractivity contribution is 5.84. The van der Waals surface area contributed by atoms with Crippen LogP contribution in [0.1, 0.15) is 5.56 Å². The quantitative estimate of drug-likeness (QED) is 0.343. The number of aliphatic imine (C=N–C) groups is 1. The van der Waals surface area contributed by atoms with Crippen LogP contribution in [-0.2, 0) is 0 Å². The molecule has 0 aliphatic heterocycles. The van der Waals surface area contributed by atoms with Crippen molar-refractivity contribution in [1.82, 2.24) is 0 Å². The summed E-state index contributed by atoms with van der Waals surface area (Å²) in [6.45, 7) is -1.60. The van der Waals surface area contributed by atoms with Gasteiger partial charge in [0.05, 0.1) is 19.8 Å². The van der Waals surface area contributed by atoms with Gasteiger partial charge in [-0.25, -0.2) is 0 Å². The molecule has 5 N–H and O–H groups in total. The van der Waals surface area contributed by atoms with Crippen LogP contribution >= 0.6 is 0 Å². The van der Waals surface area contributed by atoms with Crippen molar-refractivity contribution < 1.29 is 25.5 Å². The summed E-state index contributed by atoms with van der Waals surface area (Å²) < 4.78 is 0. The Hall–Kier alpha value is -1.63. The first kappa shape index (κ1) is 13.4. The molecule has 0 aliphatic carbocycles. The minimum absolute atomic E-state index is 0.0492. The van der Waals surface area contributed by atoms with Crippen molar-refractivity contribution in [3.8, 4) is 11.5 Å². The van der Waals surface area contributed by atoms with Gasteiger partial charge >= 0.3 is 0 Å². The summed E-state index contributed by atoms with van der Waals surface area (Å²) in [6, 6.07) is 3.87. The fourth-order valence-corrected chi connectivity index (χ4v) is 1.12. The molecule has 0 spiro atoms. The molecular weight excluding hydrogens is 226 g/mol. The van der Waals surface area contributed by atoms with E-state index >= 15 is 0 Å². The second kappa shape index (κ2) is 5.62. The lowest BCUT2D eigenvalue weighted by atomic mass is 10.0. The highest BCUT2D eigenvalue weighted by Crippen LogP contribution is 2.21. The number of hydrogen-bond donors (Lipinski definition) is 5. The predicted molar refractivity (Wildman–Crippen MR) is 61.4 cm³/mol. The van der Waals surface area contributed by atoms with E-state index in [1.807, 2.05) is 0 Å². The Morgan fingerprint density at radius 3 is 2.18 bits per heavy atom. The van der Waals surface area contributed by atoms with Gasteiger partial charge in [-0.05, 0) is 18.2 Å². The van der Waals surface area contributed by atoms with Crippen LogP contribution in [0.25, 0.3) is 0 Å². The summed E-state index contributed by atoms with van der Waals surface area (Å²) in [5.41, 5.74) is -1.16. The predicted octanol–water partition coefficient (Wildman–Crippen LogP) is -0.768. The van der Waals surface area contributed by atoms with E-state index in [2.05, 4.69) is 4.99 Å². The fourth-order valence-electron chi connectivity index (χ4n) is 1.12. The molecule has 0 bridgehead atoms. The normalized spacial score (nSPS) is 12.2. The highest BCUT2D eigenvalue weighted by atomic mass is 16.3. The molecule has 0 saturated carbocycles. The zero-order valence-corrected chi connectivity index (χ0v) is 9.11. The van der Waals surface area contributed by atoms with Gasteiger partial charge in [0.1, 0.15) is 17.0 Å². The summed E-state index contributed by atoms with van der Waals surface area (Å²) >= 11 is 0. The number of phenols is 2. The Labute approximate surface area is 98.1 Å². The van der Waals surface area contributed by atoms with E-state index in [-0.39, 0.29) is 17.1 Å². The molecule has 1 aromatic carbocycles. The largest absolute Gasteiger partial charge is 0.508 e. The summed E-state index contributed by atoms with van der Waals surface area (Å²) in [4.78, 5) is 3.84. The molecular formula is C11H15NO5. The van der Waals surface area contributed by atoms with E-state index in [0.717, 1.165) is 0 Å². The lowest BCUT2D eigenvalue weighted by molar-refractivity contribution is 0.0718. The van der Waals surface area contributed by atoms with Gasteiger partial charge in [-0.15, -0.1) is 0 Å². The summed E-state index contributed by atoms with van der Waals surface area (Å²) in [6.07, 6.45) is 1.18. The molecule has 1 aromatic rings. The van der Waals surface area contributed by atoms with Crippen LogP contribution in [0.5, 0.6) is 11.5 Å². The van der Waals surface area contributed by atoms with Crippen molar-refractivity contribution in [3.63, 3.8) is 0 Å². The van der Waals surface area contributed by atoms with Gasteiger partial charge in [-0.3, -0.25) is 4.99 Å². The van der Waals surface area contributed by atoms with Crippen LogP contribution in [0.2, 0.25) is 0 Å². The van der Waals surface area contributed by atoms with E-state index in [0.29, 0.717) is 0 Å². The molecule has 0 unspecified atom stereocenters. The number of hydrogen-bond acceptors (Lipinski definition) is 6. The van der Waals surface area contributed by atoms with Crippen molar-refractivity contribution in [3.05, 3.63) is 23.8 Å². The van der Waals surface area contributed by atoms with Gasteiger partial charge in [0, 0.05) is 11.8 Å². The molecule has 0 radical (unpaired) electrons. The van der Waals surface area contributed by atoms with Crippen molar-refractivity contribution in [2.24, 2.45) is 4.99 Å². The number of aliphatic hydroxyl groups is 3. The van der Waals surface area contributed by atoms with Crippen LogP contribution in [0.4, 0.5) is 0 Å². The van der Waals surface area contributed by atoms with Crippen molar-refractivity contribution in [2.45, 2.75) is 5.54 Å². The average molecular weight is 241 g/mol. The van der Waals surface area contributed by atoms with Gasteiger partial charge in [0.25, 0.3) is 0 Å². The summed E-state index contributed by atoms with van der Waals surface area (Å²) in [5.74, 6) is -0.152. The second-order valence-electron chi connectivity index (χ2n) is 3.70. The van der Waals surface area contributed by atoms with Crippen molar-refractivity contribution >= 4 is 6.21 Å². The number of aromatic hydroxyl groups is 2. The molecule has 1 rings (SSSR count). The maximum atomic E-state index is 9.46. The fraction of sp³-hybridized carbons (Fsp3) is 0.364. The van der Waals surface area contributed by atoms with Crippen molar-refractivity contribution in [2.75, 3.05) is 19.8 Å². The first-order valence-electron chi connectivity index (χ1n) is 4.97. The smallest absolute Gasteiger partial charge is 0.129 e. The zero-order chi connectivity index (χ0) is 12.9. The molecule has 0 atom stereocenters. The molecule has 0 fully saturated rings. The maximum absolute atomic E-state index is 9.46. The van der Waals surface area contributed by atoms with Crippen molar-refractivity contribution in [1.29, 1.82) is 0 Å². The molecule has 0 saturated heterocycles. The molecule has 0 heterocycles. The van der Waals surface area contributed by atoms with Crippen LogP contribution in [0.3, 0.4) is 0 Å². The van der Waals surface area contributed by atoms with Gasteiger partial charge in [-0.2, -0.15) is 0 Å². The number of rotatable bonds is 5. The monoisotopic (exact) mass is 241 g/mol. The van der Waals surface area contributed by atoms with Gasteiger partial charge < -0.3 is 25.5 Å². The summed E-state index contributed by atoms with van der Waals surface area (Å²) in [7, 11) is 0. The molecule has 6 heteroatoms. The molecule has 0 aromatic heterocycles. The van der Waals surface area contributed by atoms with E-state index < -0.39 is 25.4 Å². The Morgan fingerprint density at radius 1 is 1.06 bits per heavy atom. The van der Waals surface area contributed by atoms with Crippen LogP contribution in [0.15, 0.2) is 23.2 Å². The Balaban J connectivity index is 2.99. The number of phenolic OH excluding ortho intramolecular Hbond substituents is 2. The molecule has 0 aliphatic rings. The Bertz CT molecular complexity index is 393. The van der Waals surface area contributed by atoms with E-state index in [4.69, 9.17) is 15.3 Å². The maximum Gasteiger partial charge on any atom is 0.129 e. The third-order valence-electron chi connectivity index (χ3n) is 2.37. The standard InChI is InChI=1S/C11H15NO5/c13-5-11(6-14,7-15)12-4-8-3-9(16)1-2-10(8)17/h1-4,13-17H,5-7H2. The van der Waals surface area contributed by atoms with Gasteiger partial charge in [-0.1, -0.05) is 0 Å². The number of benzene rings is 1. The molecule has 6 nitrogen and oxygen atoms in total. The third-order valence-corrected chi connectivity index (χ3v) is 2.37. The molecule has 94 valence electrons. The first-order chi connectivity index (χ1) is 8.06. The average Bonchev–Trinajstić information content (AvgIpc) is 2.35. The Kier molecular flexibility index (Phi) is 4.45. The number of aliphatic hydroxyl groups excluding tert-OH is 3. The van der Waals surface area contributed by atoms with E-state index in [1.54, 1.807) is 0 Å². The highest BCUT2D eigenvalue weighted by Gasteiger charge is 2.26. The molecule has 17 heavy (non-hydrogen) atoms. The third kappa shape index (κ3) is 3.16. The second-order valence-corrected chi connectivity index (χ2v) is 3.70. The number of nitrogens with zero attached hydrogens (tertiary/aromatic N) is 1. The lowest BCUT2D eigenvalue weighted by Crippen LogP contribution is -2.39. The lowest BCUT2D eigenvalue weighted by Gasteiger charge is -2.22. The van der Waals surface area contributed by atoms with Crippen LogP contribution < -0.4 is 0 Å². The van der Waals surface area contributed by atoms with Crippen LogP contribution in [0, 0.1) is 0 Å². The minimum Gasteiger partial charge on any atom is -0.508 e. The minimum atomic E-state index is -1.39. The summed E-state index contributed by atoms with van der Waals surface area (Å²) in [5, 5.41) is 45.8. The van der Waals surface area contributed by atoms with Crippen LogP contribution in [-0.4, -0.2) is 57.1 Å². The molecule has 0 amide bonds. The van der Waals surface area contributed by atoms with Gasteiger partial charge in [0.2, 0.25) is 0 Å². The van der Waals surface area contributed by atoms with Gasteiger partial charge in [0.15, 0.2) is 0 Å². The SMILES string of the molecule is OCC(CO)(CO)N=Cc1cc(O)ccc1O. The zero-order valence-electron chi connectivity index (χ0n) is 9.11. The van der Waals surface area contributed by atoms with E-state index in [1.165, 1.54) is 24.4 Å². The van der Waals surface area contributed by atoms with E-state index in [9.17, 15) is 10.2 Å². The Morgan fingerprint density at radius 2 is 1.65 bits per heavy atom. The first-order valence-corrected chi connectivity index (χ1v) is 4.97. The topological polar surface area (TPSA) is 114 Å².